The van der Waals surface area contributed by atoms with Crippen molar-refractivity contribution in [2.24, 2.45) is 0 Å². The zero-order valence-electron chi connectivity index (χ0n) is 9.43. The fourth-order valence-electron chi connectivity index (χ4n) is 0. The fraction of sp³-hybridized carbons (Fsp3) is 0. The number of rotatable bonds is 0. The van der Waals surface area contributed by atoms with Gasteiger partial charge in [-0.1, -0.05) is 0 Å². The van der Waals surface area contributed by atoms with Crippen molar-refractivity contribution in [1.29, 1.82) is 0 Å². The van der Waals surface area contributed by atoms with Crippen molar-refractivity contribution in [3.63, 3.8) is 0 Å². The minimum atomic E-state index is 0. The minimum absolute atomic E-state index is 0. The van der Waals surface area contributed by atoms with Gasteiger partial charge in [0, 0.05) is 89.7 Å². The summed E-state index contributed by atoms with van der Waals surface area (Å²) in [6.45, 7) is 0. The Morgan fingerprint density at radius 3 is 0.833 bits per heavy atom. The second-order valence-corrected chi connectivity index (χ2v) is 0. The number of hydrogen-bond donors (Lipinski definition) is 0. The molecule has 0 rings (SSSR count). The fourth-order valence-corrected chi connectivity index (χ4v) is 0. The van der Waals surface area contributed by atoms with Gasteiger partial charge >= 0.3 is 69.2 Å². The maximum Gasteiger partial charge on any atom is 2.00 e. The molecule has 6 heteroatoms. The molecule has 0 saturated heterocycles. The van der Waals surface area contributed by atoms with E-state index in [1.165, 1.54) is 0 Å². The van der Waals surface area contributed by atoms with E-state index in [1.54, 1.807) is 0 Å². The number of hydrogen-bond acceptors (Lipinski definition) is 0. The van der Waals surface area contributed by atoms with Gasteiger partial charge in [-0.2, -0.15) is 0 Å². The zero-order valence-corrected chi connectivity index (χ0v) is 14.0. The predicted octanol–water partition coefficient (Wildman–Crippen LogP) is -0.472. The van der Waals surface area contributed by atoms with Crippen molar-refractivity contribution in [3.8, 4) is 0 Å². The first-order valence-corrected chi connectivity index (χ1v) is 0. The first-order valence-electron chi connectivity index (χ1n) is 0. The van der Waals surface area contributed by atoms with Crippen molar-refractivity contribution in [2.75, 3.05) is 0 Å². The minimum Gasteiger partial charge on any atom is -1.00 e. The molecule has 0 aromatic heterocycles. The average molecular weight is 380 g/mol. The Labute approximate surface area is 163 Å². The van der Waals surface area contributed by atoms with E-state index in [4.69, 9.17) is 0 Å². The third-order valence-corrected chi connectivity index (χ3v) is 0. The van der Waals surface area contributed by atoms with Crippen LogP contribution < -0.4 is 0 Å². The van der Waals surface area contributed by atoms with Gasteiger partial charge in [0.05, 0.1) is 0 Å². The van der Waals surface area contributed by atoms with E-state index < -0.39 is 0 Å². The molecule has 0 N–H and O–H groups in total. The molecule has 0 amide bonds. The van der Waals surface area contributed by atoms with Crippen molar-refractivity contribution in [3.05, 3.63) is 0 Å². The van der Waals surface area contributed by atoms with Gasteiger partial charge in [0.25, 0.3) is 0 Å². The van der Waals surface area contributed by atoms with E-state index in [-0.39, 0.29) is 167 Å². The third kappa shape index (κ3) is 22.8. The van der Waals surface area contributed by atoms with Crippen LogP contribution in [0.3, 0.4) is 0 Å². The van der Waals surface area contributed by atoms with Crippen LogP contribution in [0.2, 0.25) is 0 Å². The summed E-state index contributed by atoms with van der Waals surface area (Å²) in [5.74, 6) is 0. The van der Waals surface area contributed by atoms with Crippen LogP contribution >= 0.6 is 0 Å². The first kappa shape index (κ1) is 42.9. The summed E-state index contributed by atoms with van der Waals surface area (Å²) in [5, 5.41) is 0. The van der Waals surface area contributed by atoms with Gasteiger partial charge in [0.1, 0.15) is 0 Å². The average Bonchev–Trinajstić information content (AvgIpc) is 0. The predicted molar refractivity (Wildman–Crippen MR) is 23.9 cm³/mol. The van der Waals surface area contributed by atoms with Crippen LogP contribution in [0.5, 0.6) is 0 Å². The molecule has 0 spiro atoms. The summed E-state index contributed by atoms with van der Waals surface area (Å²) in [4.78, 5) is 0. The summed E-state index contributed by atoms with van der Waals surface area (Å²) >= 11 is 0. The Hall–Kier alpha value is 5.25. The molecule has 0 aliphatic heterocycles. The molecule has 6 heavy (non-hydrogen) atoms. The summed E-state index contributed by atoms with van der Waals surface area (Å²) < 4.78 is 0. The van der Waals surface area contributed by atoms with Gasteiger partial charge < -0.3 is 8.56 Å². The Bertz CT molecular complexity index is 22.8. The zero-order chi connectivity index (χ0) is 0. The van der Waals surface area contributed by atoms with E-state index in [1.807, 2.05) is 0 Å². The van der Waals surface area contributed by atoms with Gasteiger partial charge in [-0.05, 0) is 0 Å². The van der Waals surface area contributed by atoms with Gasteiger partial charge in [0.2, 0.25) is 0 Å². The molecule has 0 fully saturated rings. The summed E-state index contributed by atoms with van der Waals surface area (Å²) in [7, 11) is 0. The SMILES string of the molecule is [Gd].[H-].[H-].[H-].[H-].[H-].[H-].[Mg+2].[Mg+2].[Mg+2].[Mn].[Y]. The Balaban J connectivity index is 0. The van der Waals surface area contributed by atoms with Crippen LogP contribution in [0.25, 0.3) is 0 Å². The van der Waals surface area contributed by atoms with Crippen LogP contribution in [0, 0.1) is 39.9 Å². The van der Waals surface area contributed by atoms with E-state index in [0.717, 1.165) is 0 Å². The summed E-state index contributed by atoms with van der Waals surface area (Å²) in [5.41, 5.74) is 0. The van der Waals surface area contributed by atoms with E-state index >= 15 is 0 Å². The Morgan fingerprint density at radius 2 is 0.833 bits per heavy atom. The van der Waals surface area contributed by atoms with Crippen LogP contribution in [0.15, 0.2) is 0 Å². The van der Waals surface area contributed by atoms with Crippen LogP contribution in [0.1, 0.15) is 8.56 Å². The quantitative estimate of drug-likeness (QED) is 0.499. The third-order valence-electron chi connectivity index (χ3n) is 0. The van der Waals surface area contributed by atoms with E-state index in [9.17, 15) is 0 Å². The normalized spacial score (nSPS) is 0. The molecule has 0 aromatic rings. The largest absolute Gasteiger partial charge is 2.00 e. The van der Waals surface area contributed by atoms with Crippen LogP contribution in [0.4, 0.5) is 0 Å². The smallest absolute Gasteiger partial charge is 1.00 e. The van der Waals surface area contributed by atoms with Crippen LogP contribution in [-0.4, -0.2) is 69.2 Å². The molecular formula is H6GdMg3MnY. The van der Waals surface area contributed by atoms with Crippen molar-refractivity contribution >= 4 is 69.2 Å². The molecule has 0 aliphatic carbocycles. The summed E-state index contributed by atoms with van der Waals surface area (Å²) in [6.07, 6.45) is 0. The van der Waals surface area contributed by atoms with E-state index in [0.29, 0.717) is 0 Å². The summed E-state index contributed by atoms with van der Waals surface area (Å²) in [6, 6.07) is 0. The molecule has 0 bridgehead atoms. The molecule has 0 unspecified atom stereocenters. The molecule has 30 valence electrons. The van der Waals surface area contributed by atoms with Gasteiger partial charge in [-0.15, -0.1) is 0 Å². The van der Waals surface area contributed by atoms with Gasteiger partial charge in [-0.3, -0.25) is 0 Å². The van der Waals surface area contributed by atoms with E-state index in [2.05, 4.69) is 0 Å². The molecule has 0 aliphatic rings. The molecule has 0 atom stereocenters. The van der Waals surface area contributed by atoms with Crippen molar-refractivity contribution in [1.82, 2.24) is 0 Å². The molecule has 0 saturated carbocycles. The monoisotopic (exact) mass is 380 g/mol. The first-order chi connectivity index (χ1) is 0. The van der Waals surface area contributed by atoms with Gasteiger partial charge in [0.15, 0.2) is 0 Å². The Kier molecular flexibility index (Phi) is 228. The maximum atomic E-state index is 0. The standard InChI is InChI=1S/Gd.3Mg.Mn.Y.6H/q;3*+2;;;6*-1. The molecule has 0 nitrogen and oxygen atoms in total. The molecule has 2 radical (unpaired) electrons. The van der Waals surface area contributed by atoms with Crippen molar-refractivity contribution < 1.29 is 98.3 Å². The topological polar surface area (TPSA) is 0 Å². The molecule has 0 heterocycles. The molecule has 0 aromatic carbocycles. The van der Waals surface area contributed by atoms with Crippen LogP contribution in [-0.2, 0) is 49.8 Å². The Morgan fingerprint density at radius 1 is 0.833 bits per heavy atom. The van der Waals surface area contributed by atoms with Crippen molar-refractivity contribution in [2.45, 2.75) is 0 Å². The second-order valence-electron chi connectivity index (χ2n) is 0. The molecular weight excluding hydrogens is 374 g/mol. The maximum absolute atomic E-state index is 0. The second kappa shape index (κ2) is 31.8. The van der Waals surface area contributed by atoms with Gasteiger partial charge in [-0.25, -0.2) is 0 Å².